The molecule has 0 spiro atoms. The molecule has 0 fully saturated rings. The molecule has 2 aromatic rings. The first-order valence-electron chi connectivity index (χ1n) is 4.76. The summed E-state index contributed by atoms with van der Waals surface area (Å²) in [6, 6.07) is 5.21. The van der Waals surface area contributed by atoms with Crippen molar-refractivity contribution in [1.82, 2.24) is 15.6 Å². The van der Waals surface area contributed by atoms with E-state index in [0.717, 1.165) is 9.46 Å². The van der Waals surface area contributed by atoms with Gasteiger partial charge in [-0.2, -0.15) is 10.2 Å². The summed E-state index contributed by atoms with van der Waals surface area (Å²) in [6.07, 6.45) is 1.43. The Balaban J connectivity index is 1.94. The number of rotatable bonds is 3. The van der Waals surface area contributed by atoms with Crippen LogP contribution in [0.25, 0.3) is 0 Å². The van der Waals surface area contributed by atoms with E-state index in [0.29, 0.717) is 11.5 Å². The molecule has 0 bridgehead atoms. The lowest BCUT2D eigenvalue weighted by Gasteiger charge is -1.93. The second-order valence-corrected chi connectivity index (χ2v) is 4.34. The molecule has 0 unspecified atom stereocenters. The first-order chi connectivity index (χ1) is 8.15. The smallest absolute Gasteiger partial charge is 0.291 e. The van der Waals surface area contributed by atoms with E-state index in [4.69, 9.17) is 4.42 Å². The molecule has 2 aromatic heterocycles. The zero-order valence-electron chi connectivity index (χ0n) is 8.90. The minimum absolute atomic E-state index is 0.300. The molecule has 0 aliphatic carbocycles. The van der Waals surface area contributed by atoms with Crippen molar-refractivity contribution in [1.29, 1.82) is 0 Å². The minimum Gasteiger partial charge on any atom is -0.449 e. The molecule has 1 amide bonds. The Labute approximate surface area is 111 Å². The van der Waals surface area contributed by atoms with Gasteiger partial charge in [-0.05, 0) is 47.7 Å². The molecule has 2 rings (SSSR count). The SMILES string of the molecule is Cc1cc(C(=O)N/N=C/c2ccc(I)o2)n[nH]1. The number of carbonyl (C=O) groups excluding carboxylic acids is 1. The number of carbonyl (C=O) groups is 1. The second kappa shape index (κ2) is 5.13. The van der Waals surface area contributed by atoms with Crippen LogP contribution in [0.3, 0.4) is 0 Å². The summed E-state index contributed by atoms with van der Waals surface area (Å²) in [5.41, 5.74) is 3.47. The minimum atomic E-state index is -0.369. The summed E-state index contributed by atoms with van der Waals surface area (Å²) in [5, 5.41) is 10.3. The molecule has 0 radical (unpaired) electrons. The number of aromatic amines is 1. The van der Waals surface area contributed by atoms with Crippen LogP contribution in [0.5, 0.6) is 0 Å². The molecule has 6 nitrogen and oxygen atoms in total. The van der Waals surface area contributed by atoms with Gasteiger partial charge in [-0.25, -0.2) is 5.43 Å². The van der Waals surface area contributed by atoms with E-state index in [9.17, 15) is 4.79 Å². The Kier molecular flexibility index (Phi) is 3.57. The topological polar surface area (TPSA) is 83.3 Å². The fraction of sp³-hybridized carbons (Fsp3) is 0.100. The zero-order valence-corrected chi connectivity index (χ0v) is 11.1. The summed E-state index contributed by atoms with van der Waals surface area (Å²) in [6.45, 7) is 1.82. The Morgan fingerprint density at radius 1 is 1.65 bits per heavy atom. The standard InChI is InChI=1S/C10H9IN4O2/c1-6-4-8(14-13-6)10(16)15-12-5-7-2-3-9(11)17-7/h2-5H,1H3,(H,13,14)(H,15,16)/b12-5+. The summed E-state index contributed by atoms with van der Waals surface area (Å²) in [7, 11) is 0. The van der Waals surface area contributed by atoms with Crippen molar-refractivity contribution in [2.45, 2.75) is 6.92 Å². The quantitative estimate of drug-likeness (QED) is 0.505. The number of aryl methyl sites for hydroxylation is 1. The van der Waals surface area contributed by atoms with Crippen LogP contribution in [0.1, 0.15) is 21.9 Å². The number of amides is 1. The molecular weight excluding hydrogens is 335 g/mol. The highest BCUT2D eigenvalue weighted by Gasteiger charge is 2.07. The van der Waals surface area contributed by atoms with E-state index in [1.54, 1.807) is 18.2 Å². The maximum atomic E-state index is 11.5. The van der Waals surface area contributed by atoms with Crippen LogP contribution in [0.15, 0.2) is 27.7 Å². The monoisotopic (exact) mass is 344 g/mol. The molecule has 0 atom stereocenters. The molecule has 17 heavy (non-hydrogen) atoms. The lowest BCUT2D eigenvalue weighted by Crippen LogP contribution is -2.17. The van der Waals surface area contributed by atoms with Crippen molar-refractivity contribution >= 4 is 34.7 Å². The van der Waals surface area contributed by atoms with Crippen LogP contribution >= 0.6 is 22.6 Å². The maximum absolute atomic E-state index is 11.5. The van der Waals surface area contributed by atoms with Crippen LogP contribution < -0.4 is 5.43 Å². The fourth-order valence-electron chi connectivity index (χ4n) is 1.14. The number of furan rings is 1. The molecule has 0 aromatic carbocycles. The van der Waals surface area contributed by atoms with Crippen LogP contribution in [0.2, 0.25) is 0 Å². The Hall–Kier alpha value is -1.64. The second-order valence-electron chi connectivity index (χ2n) is 3.28. The van der Waals surface area contributed by atoms with Gasteiger partial charge in [0.05, 0.1) is 6.21 Å². The number of nitrogens with one attached hydrogen (secondary N) is 2. The predicted molar refractivity (Wildman–Crippen MR) is 69.8 cm³/mol. The summed E-state index contributed by atoms with van der Waals surface area (Å²) in [4.78, 5) is 11.5. The van der Waals surface area contributed by atoms with Crippen LogP contribution in [0.4, 0.5) is 0 Å². The number of H-pyrrole nitrogens is 1. The average molecular weight is 344 g/mol. The van der Waals surface area contributed by atoms with Crippen molar-refractivity contribution < 1.29 is 9.21 Å². The van der Waals surface area contributed by atoms with Crippen molar-refractivity contribution in [2.24, 2.45) is 5.10 Å². The third-order valence-electron chi connectivity index (χ3n) is 1.89. The number of hydrogen-bond donors (Lipinski definition) is 2. The van der Waals surface area contributed by atoms with E-state index in [2.05, 4.69) is 20.7 Å². The lowest BCUT2D eigenvalue weighted by molar-refractivity contribution is 0.0950. The summed E-state index contributed by atoms with van der Waals surface area (Å²) < 4.78 is 6.00. The first kappa shape index (κ1) is 11.8. The molecule has 7 heteroatoms. The molecule has 0 saturated carbocycles. The Morgan fingerprint density at radius 2 is 2.47 bits per heavy atom. The maximum Gasteiger partial charge on any atom is 0.291 e. The Bertz CT molecular complexity index is 558. The number of hydrazone groups is 1. The number of hydrogen-bond acceptors (Lipinski definition) is 4. The average Bonchev–Trinajstić information content (AvgIpc) is 2.88. The molecule has 2 heterocycles. The van der Waals surface area contributed by atoms with Gasteiger partial charge in [0.25, 0.3) is 5.91 Å². The summed E-state index contributed by atoms with van der Waals surface area (Å²) >= 11 is 2.05. The van der Waals surface area contributed by atoms with Gasteiger partial charge in [0.15, 0.2) is 9.46 Å². The third kappa shape index (κ3) is 3.16. The van der Waals surface area contributed by atoms with E-state index >= 15 is 0 Å². The highest BCUT2D eigenvalue weighted by molar-refractivity contribution is 14.1. The zero-order chi connectivity index (χ0) is 12.3. The molecule has 88 valence electrons. The van der Waals surface area contributed by atoms with Crippen LogP contribution in [-0.4, -0.2) is 22.3 Å². The Morgan fingerprint density at radius 3 is 3.06 bits per heavy atom. The summed E-state index contributed by atoms with van der Waals surface area (Å²) in [5.74, 6) is 0.208. The number of halogens is 1. The normalized spacial score (nSPS) is 10.9. The third-order valence-corrected chi connectivity index (χ3v) is 2.47. The van der Waals surface area contributed by atoms with Crippen molar-refractivity contribution in [2.75, 3.05) is 0 Å². The van der Waals surface area contributed by atoms with E-state index in [1.165, 1.54) is 6.21 Å². The predicted octanol–water partition coefficient (Wildman–Crippen LogP) is 1.68. The number of aromatic nitrogens is 2. The number of nitrogens with zero attached hydrogens (tertiary/aromatic N) is 2. The van der Waals surface area contributed by atoms with E-state index in [-0.39, 0.29) is 5.91 Å². The fourth-order valence-corrected chi connectivity index (χ4v) is 1.58. The van der Waals surface area contributed by atoms with Gasteiger partial charge >= 0.3 is 0 Å². The van der Waals surface area contributed by atoms with Crippen molar-refractivity contribution in [3.63, 3.8) is 0 Å². The highest BCUT2D eigenvalue weighted by atomic mass is 127. The first-order valence-corrected chi connectivity index (χ1v) is 5.84. The van der Waals surface area contributed by atoms with E-state index in [1.807, 2.05) is 29.5 Å². The van der Waals surface area contributed by atoms with Gasteiger partial charge in [0.1, 0.15) is 5.76 Å². The van der Waals surface area contributed by atoms with Crippen molar-refractivity contribution in [3.8, 4) is 0 Å². The molecule has 2 N–H and O–H groups in total. The van der Waals surface area contributed by atoms with Gasteiger partial charge in [0, 0.05) is 5.69 Å². The van der Waals surface area contributed by atoms with Gasteiger partial charge in [-0.3, -0.25) is 9.89 Å². The van der Waals surface area contributed by atoms with Crippen LogP contribution in [-0.2, 0) is 0 Å². The lowest BCUT2D eigenvalue weighted by atomic mass is 10.4. The van der Waals surface area contributed by atoms with E-state index < -0.39 is 0 Å². The molecule has 0 aliphatic rings. The van der Waals surface area contributed by atoms with Gasteiger partial charge in [-0.15, -0.1) is 0 Å². The van der Waals surface area contributed by atoms with Gasteiger partial charge in [0.2, 0.25) is 0 Å². The van der Waals surface area contributed by atoms with Gasteiger partial charge < -0.3 is 4.42 Å². The molecule has 0 saturated heterocycles. The largest absolute Gasteiger partial charge is 0.449 e. The highest BCUT2D eigenvalue weighted by Crippen LogP contribution is 2.07. The molecule has 0 aliphatic heterocycles. The van der Waals surface area contributed by atoms with Crippen LogP contribution in [0, 0.1) is 10.7 Å². The van der Waals surface area contributed by atoms with Gasteiger partial charge in [-0.1, -0.05) is 0 Å². The van der Waals surface area contributed by atoms with Crippen molar-refractivity contribution in [3.05, 3.63) is 39.1 Å². The molecular formula is C10H9IN4O2.